The van der Waals surface area contributed by atoms with Crippen molar-refractivity contribution < 1.29 is 14.5 Å². The Morgan fingerprint density at radius 3 is 2.50 bits per heavy atom. The van der Waals surface area contributed by atoms with Crippen LogP contribution in [0.5, 0.6) is 5.75 Å². The van der Waals surface area contributed by atoms with E-state index in [0.29, 0.717) is 11.7 Å². The SMILES string of the molecule is COc1ccc(C(C)(CC(=O)N2CCC(C)CC2)n2cnc([N+](=O)[O-])c2)cc1. The van der Waals surface area contributed by atoms with E-state index < -0.39 is 10.5 Å². The first-order valence-corrected chi connectivity index (χ1v) is 9.44. The van der Waals surface area contributed by atoms with Gasteiger partial charge in [-0.25, -0.2) is 0 Å². The molecule has 0 saturated carbocycles. The van der Waals surface area contributed by atoms with Gasteiger partial charge in [0.2, 0.25) is 12.2 Å². The number of nitro groups is 1. The molecule has 2 heterocycles. The second-order valence-electron chi connectivity index (χ2n) is 7.64. The number of rotatable bonds is 6. The number of ether oxygens (including phenoxy) is 1. The zero-order chi connectivity index (χ0) is 20.3. The van der Waals surface area contributed by atoms with Gasteiger partial charge in [-0.2, -0.15) is 0 Å². The molecular weight excluding hydrogens is 360 g/mol. The van der Waals surface area contributed by atoms with Gasteiger partial charge in [-0.05, 0) is 53.3 Å². The molecule has 1 amide bonds. The van der Waals surface area contributed by atoms with E-state index in [0.717, 1.165) is 31.5 Å². The van der Waals surface area contributed by atoms with Crippen molar-refractivity contribution in [3.8, 4) is 5.75 Å². The van der Waals surface area contributed by atoms with Gasteiger partial charge in [0.1, 0.15) is 11.9 Å². The van der Waals surface area contributed by atoms with Crippen LogP contribution in [0.3, 0.4) is 0 Å². The molecule has 8 nitrogen and oxygen atoms in total. The minimum Gasteiger partial charge on any atom is -0.497 e. The van der Waals surface area contributed by atoms with Gasteiger partial charge in [0.25, 0.3) is 0 Å². The number of piperidine rings is 1. The van der Waals surface area contributed by atoms with Crippen molar-refractivity contribution in [1.82, 2.24) is 14.5 Å². The van der Waals surface area contributed by atoms with Crippen molar-refractivity contribution in [2.45, 2.75) is 38.6 Å². The summed E-state index contributed by atoms with van der Waals surface area (Å²) in [7, 11) is 1.59. The van der Waals surface area contributed by atoms with E-state index in [1.165, 1.54) is 12.5 Å². The number of carbonyl (C=O) groups excluding carboxylic acids is 1. The van der Waals surface area contributed by atoms with Gasteiger partial charge in [0, 0.05) is 13.1 Å². The summed E-state index contributed by atoms with van der Waals surface area (Å²) >= 11 is 0. The number of aromatic nitrogens is 2. The third kappa shape index (κ3) is 4.00. The maximum absolute atomic E-state index is 13.1. The highest BCUT2D eigenvalue weighted by Crippen LogP contribution is 2.33. The summed E-state index contributed by atoms with van der Waals surface area (Å²) in [5.41, 5.74) is 0.0625. The molecule has 28 heavy (non-hydrogen) atoms. The molecule has 0 spiro atoms. The van der Waals surface area contributed by atoms with E-state index in [1.54, 1.807) is 11.7 Å². The summed E-state index contributed by atoms with van der Waals surface area (Å²) in [6, 6.07) is 7.42. The van der Waals surface area contributed by atoms with Crippen molar-refractivity contribution >= 4 is 11.7 Å². The van der Waals surface area contributed by atoms with Gasteiger partial charge >= 0.3 is 5.82 Å². The first-order chi connectivity index (χ1) is 13.3. The monoisotopic (exact) mass is 386 g/mol. The van der Waals surface area contributed by atoms with Gasteiger partial charge in [-0.1, -0.05) is 19.1 Å². The molecule has 1 saturated heterocycles. The fourth-order valence-electron chi connectivity index (χ4n) is 3.63. The molecule has 2 aromatic rings. The summed E-state index contributed by atoms with van der Waals surface area (Å²) in [6.45, 7) is 5.62. The van der Waals surface area contributed by atoms with E-state index in [2.05, 4.69) is 11.9 Å². The van der Waals surface area contributed by atoms with E-state index in [-0.39, 0.29) is 18.1 Å². The molecular formula is C20H26N4O4. The lowest BCUT2D eigenvalue weighted by molar-refractivity contribution is -0.389. The second kappa shape index (κ2) is 8.00. The highest BCUT2D eigenvalue weighted by Gasteiger charge is 2.36. The molecule has 1 unspecified atom stereocenters. The number of benzene rings is 1. The van der Waals surface area contributed by atoms with Crippen molar-refractivity contribution in [3.63, 3.8) is 0 Å². The number of hydrogen-bond donors (Lipinski definition) is 0. The average Bonchev–Trinajstić information content (AvgIpc) is 3.20. The van der Waals surface area contributed by atoms with E-state index >= 15 is 0 Å². The Labute approximate surface area is 164 Å². The third-order valence-electron chi connectivity index (χ3n) is 5.67. The van der Waals surface area contributed by atoms with Crippen LogP contribution in [0.25, 0.3) is 0 Å². The van der Waals surface area contributed by atoms with Crippen molar-refractivity contribution in [3.05, 3.63) is 52.5 Å². The number of nitrogens with zero attached hydrogens (tertiary/aromatic N) is 4. The van der Waals surface area contributed by atoms with Gasteiger partial charge in [0.15, 0.2) is 0 Å². The second-order valence-corrected chi connectivity index (χ2v) is 7.64. The third-order valence-corrected chi connectivity index (χ3v) is 5.67. The number of methoxy groups -OCH3 is 1. The normalized spacial score (nSPS) is 17.2. The highest BCUT2D eigenvalue weighted by atomic mass is 16.6. The van der Waals surface area contributed by atoms with E-state index in [9.17, 15) is 14.9 Å². The van der Waals surface area contributed by atoms with Crippen LogP contribution in [0.2, 0.25) is 0 Å². The number of carbonyl (C=O) groups is 1. The molecule has 8 heteroatoms. The first-order valence-electron chi connectivity index (χ1n) is 9.44. The lowest BCUT2D eigenvalue weighted by atomic mass is 9.87. The van der Waals surface area contributed by atoms with Crippen LogP contribution in [-0.2, 0) is 10.3 Å². The molecule has 3 rings (SSSR count). The van der Waals surface area contributed by atoms with Crippen LogP contribution >= 0.6 is 0 Å². The van der Waals surface area contributed by atoms with Gasteiger partial charge < -0.3 is 19.8 Å². The van der Waals surface area contributed by atoms with Gasteiger partial charge in [0.05, 0.1) is 19.1 Å². The standard InChI is InChI=1S/C20H26N4O4/c1-15-8-10-22(11-9-15)19(25)12-20(2,16-4-6-17(28-3)7-5-16)23-13-18(21-14-23)24(26)27/h4-7,13-15H,8-12H2,1-3H3. The Balaban J connectivity index is 1.93. The minimum absolute atomic E-state index is 0.0431. The van der Waals surface area contributed by atoms with Crippen molar-refractivity contribution in [2.75, 3.05) is 20.2 Å². The maximum Gasteiger partial charge on any atom is 0.381 e. The maximum atomic E-state index is 13.1. The summed E-state index contributed by atoms with van der Waals surface area (Å²) in [5.74, 6) is 1.15. The summed E-state index contributed by atoms with van der Waals surface area (Å²) in [6.07, 6.45) is 5.01. The Hall–Kier alpha value is -2.90. The largest absolute Gasteiger partial charge is 0.497 e. The lowest BCUT2D eigenvalue weighted by Gasteiger charge is -2.35. The van der Waals surface area contributed by atoms with E-state index in [4.69, 9.17) is 4.74 Å². The molecule has 0 bridgehead atoms. The van der Waals surface area contributed by atoms with Crippen molar-refractivity contribution in [1.29, 1.82) is 0 Å². The Kier molecular flexibility index (Phi) is 5.67. The summed E-state index contributed by atoms with van der Waals surface area (Å²) in [5, 5.41) is 11.1. The Morgan fingerprint density at radius 1 is 1.32 bits per heavy atom. The van der Waals surface area contributed by atoms with E-state index in [1.807, 2.05) is 36.1 Å². The van der Waals surface area contributed by atoms with Crippen LogP contribution in [-0.4, -0.2) is 45.5 Å². The molecule has 0 aliphatic carbocycles. The fraction of sp³-hybridized carbons (Fsp3) is 0.500. The molecule has 150 valence electrons. The Bertz CT molecular complexity index is 840. The number of hydrogen-bond acceptors (Lipinski definition) is 5. The molecule has 0 radical (unpaired) electrons. The average molecular weight is 386 g/mol. The smallest absolute Gasteiger partial charge is 0.381 e. The minimum atomic E-state index is -0.798. The summed E-state index contributed by atoms with van der Waals surface area (Å²) in [4.78, 5) is 29.4. The molecule has 1 fully saturated rings. The fourth-order valence-corrected chi connectivity index (χ4v) is 3.63. The number of likely N-dealkylation sites (tertiary alicyclic amines) is 1. The molecule has 1 aliphatic rings. The zero-order valence-electron chi connectivity index (χ0n) is 16.5. The molecule has 1 atom stereocenters. The predicted octanol–water partition coefficient (Wildman–Crippen LogP) is 3.21. The highest BCUT2D eigenvalue weighted by molar-refractivity contribution is 5.78. The summed E-state index contributed by atoms with van der Waals surface area (Å²) < 4.78 is 6.89. The van der Waals surface area contributed by atoms with Crippen LogP contribution in [0.4, 0.5) is 5.82 Å². The molecule has 1 aromatic heterocycles. The lowest BCUT2D eigenvalue weighted by Crippen LogP contribution is -2.43. The quantitative estimate of drug-likeness (QED) is 0.562. The number of imidazole rings is 1. The van der Waals surface area contributed by atoms with Crippen LogP contribution < -0.4 is 4.74 Å². The first kappa shape index (κ1) is 19.9. The molecule has 1 aromatic carbocycles. The van der Waals surface area contributed by atoms with Crippen LogP contribution in [0, 0.1) is 16.0 Å². The Morgan fingerprint density at radius 2 is 1.96 bits per heavy atom. The topological polar surface area (TPSA) is 90.5 Å². The van der Waals surface area contributed by atoms with Crippen LogP contribution in [0.15, 0.2) is 36.8 Å². The molecule has 1 aliphatic heterocycles. The predicted molar refractivity (Wildman–Crippen MR) is 104 cm³/mol. The van der Waals surface area contributed by atoms with Crippen LogP contribution in [0.1, 0.15) is 38.7 Å². The number of amides is 1. The molecule has 0 N–H and O–H groups in total. The van der Waals surface area contributed by atoms with Gasteiger partial charge in [-0.3, -0.25) is 9.36 Å². The van der Waals surface area contributed by atoms with Crippen molar-refractivity contribution in [2.24, 2.45) is 5.92 Å². The zero-order valence-corrected chi connectivity index (χ0v) is 16.5. The van der Waals surface area contributed by atoms with Gasteiger partial charge in [-0.15, -0.1) is 0 Å².